The second-order valence-corrected chi connectivity index (χ2v) is 8.58. The van der Waals surface area contributed by atoms with E-state index < -0.39 is 17.7 Å². The molecule has 0 amide bonds. The summed E-state index contributed by atoms with van der Waals surface area (Å²) in [5, 5.41) is 0. The molecule has 0 spiro atoms. The minimum Gasteiger partial charge on any atom is -0.497 e. The van der Waals surface area contributed by atoms with E-state index in [4.69, 9.17) is 14.2 Å². The van der Waals surface area contributed by atoms with Gasteiger partial charge in [0.2, 0.25) is 0 Å². The van der Waals surface area contributed by atoms with Gasteiger partial charge in [0.1, 0.15) is 11.9 Å². The Bertz CT molecular complexity index is 1190. The van der Waals surface area contributed by atoms with Crippen LogP contribution in [0.2, 0.25) is 0 Å². The fourth-order valence-electron chi connectivity index (χ4n) is 4.17. The predicted octanol–water partition coefficient (Wildman–Crippen LogP) is 4.13. The molecule has 6 nitrogen and oxygen atoms in total. The molecule has 1 unspecified atom stereocenters. The normalized spacial score (nSPS) is 16.8. The highest BCUT2D eigenvalue weighted by molar-refractivity contribution is 5.89. The summed E-state index contributed by atoms with van der Waals surface area (Å²) in [6.07, 6.45) is 1.89. The highest BCUT2D eigenvalue weighted by Gasteiger charge is 2.35. The Hall–Kier alpha value is -3.38. The van der Waals surface area contributed by atoms with Crippen LogP contribution in [0.5, 0.6) is 5.75 Å². The molecule has 1 aliphatic heterocycles. The molecule has 4 rings (SSSR count). The third-order valence-corrected chi connectivity index (χ3v) is 5.75. The molecule has 2 heterocycles. The van der Waals surface area contributed by atoms with Crippen LogP contribution in [-0.2, 0) is 22.4 Å². The Morgan fingerprint density at radius 3 is 2.53 bits per heavy atom. The number of rotatable bonds is 5. The first kappa shape index (κ1) is 21.8. The van der Waals surface area contributed by atoms with Gasteiger partial charge in [-0.05, 0) is 66.9 Å². The number of carbonyl (C=O) groups is 1. The van der Waals surface area contributed by atoms with Crippen LogP contribution >= 0.6 is 0 Å². The number of ether oxygens (including phenoxy) is 3. The zero-order valence-electron chi connectivity index (χ0n) is 18.8. The van der Waals surface area contributed by atoms with Gasteiger partial charge in [0, 0.05) is 12.6 Å². The molecular weight excluding hydrogens is 406 g/mol. The van der Waals surface area contributed by atoms with Crippen LogP contribution in [0, 0.1) is 0 Å². The second-order valence-electron chi connectivity index (χ2n) is 8.58. The molecule has 3 aromatic rings. The van der Waals surface area contributed by atoms with Gasteiger partial charge in [-0.15, -0.1) is 0 Å². The monoisotopic (exact) mass is 433 g/mol. The SMILES string of the molecule is COC(=O)c1ccc2c(c1)C(c1cccn(Cc3ccc(OC)cc3)c1=O)OC(C)(C)C2. The lowest BCUT2D eigenvalue weighted by Gasteiger charge is -2.38. The van der Waals surface area contributed by atoms with E-state index in [1.807, 2.05) is 50.2 Å². The number of esters is 1. The van der Waals surface area contributed by atoms with Crippen LogP contribution in [0.3, 0.4) is 0 Å². The summed E-state index contributed by atoms with van der Waals surface area (Å²) in [4.78, 5) is 25.6. The Balaban J connectivity index is 1.75. The van der Waals surface area contributed by atoms with Gasteiger partial charge in [-0.2, -0.15) is 0 Å². The second kappa shape index (κ2) is 8.63. The lowest BCUT2D eigenvalue weighted by Crippen LogP contribution is -2.38. The van der Waals surface area contributed by atoms with Gasteiger partial charge < -0.3 is 18.8 Å². The summed E-state index contributed by atoms with van der Waals surface area (Å²) in [6.45, 7) is 4.45. The van der Waals surface area contributed by atoms with Crippen molar-refractivity contribution in [2.45, 2.75) is 38.5 Å². The number of hydrogen-bond donors (Lipinski definition) is 0. The molecule has 0 radical (unpaired) electrons. The standard InChI is InChI=1S/C26H27NO5/c1-26(2)15-19-10-9-18(25(29)31-4)14-22(19)23(32-26)21-6-5-13-27(24(21)28)16-17-7-11-20(30-3)12-8-17/h5-14,23H,15-16H2,1-4H3. The van der Waals surface area contributed by atoms with E-state index in [-0.39, 0.29) is 5.56 Å². The minimum absolute atomic E-state index is 0.125. The van der Waals surface area contributed by atoms with Crippen molar-refractivity contribution in [3.8, 4) is 5.75 Å². The minimum atomic E-state index is -0.575. The summed E-state index contributed by atoms with van der Waals surface area (Å²) < 4.78 is 18.2. The smallest absolute Gasteiger partial charge is 0.337 e. The third kappa shape index (κ3) is 4.32. The third-order valence-electron chi connectivity index (χ3n) is 5.75. The number of methoxy groups -OCH3 is 2. The average Bonchev–Trinajstić information content (AvgIpc) is 2.79. The first-order valence-electron chi connectivity index (χ1n) is 10.5. The Morgan fingerprint density at radius 1 is 1.09 bits per heavy atom. The van der Waals surface area contributed by atoms with Crippen molar-refractivity contribution in [3.05, 3.63) is 99.0 Å². The number of benzene rings is 2. The topological polar surface area (TPSA) is 66.8 Å². The largest absolute Gasteiger partial charge is 0.497 e. The van der Waals surface area contributed by atoms with Gasteiger partial charge in [-0.25, -0.2) is 4.79 Å². The molecule has 2 aromatic carbocycles. The predicted molar refractivity (Wildman–Crippen MR) is 121 cm³/mol. The summed E-state index contributed by atoms with van der Waals surface area (Å²) in [5.74, 6) is 0.354. The van der Waals surface area contributed by atoms with Gasteiger partial charge in [-0.3, -0.25) is 4.79 Å². The molecule has 6 heteroatoms. The molecule has 0 saturated carbocycles. The maximum Gasteiger partial charge on any atom is 0.337 e. The molecule has 0 fully saturated rings. The maximum atomic E-state index is 13.5. The molecular formula is C26H27NO5. The van der Waals surface area contributed by atoms with Gasteiger partial charge in [0.05, 0.1) is 37.5 Å². The lowest BCUT2D eigenvalue weighted by molar-refractivity contribution is -0.0675. The number of nitrogens with zero attached hydrogens (tertiary/aromatic N) is 1. The zero-order valence-corrected chi connectivity index (χ0v) is 18.8. The van der Waals surface area contributed by atoms with Crippen LogP contribution < -0.4 is 10.3 Å². The van der Waals surface area contributed by atoms with Crippen LogP contribution in [0.1, 0.15) is 52.6 Å². The van der Waals surface area contributed by atoms with Crippen LogP contribution in [-0.4, -0.2) is 30.4 Å². The quantitative estimate of drug-likeness (QED) is 0.566. The van der Waals surface area contributed by atoms with Gasteiger partial charge in [0.25, 0.3) is 5.56 Å². The van der Waals surface area contributed by atoms with Crippen molar-refractivity contribution in [1.29, 1.82) is 0 Å². The fraction of sp³-hybridized carbons (Fsp3) is 0.308. The van der Waals surface area contributed by atoms with E-state index in [9.17, 15) is 9.59 Å². The van der Waals surface area contributed by atoms with Gasteiger partial charge in [0.15, 0.2) is 0 Å². The molecule has 0 saturated heterocycles. The number of carbonyl (C=O) groups excluding carboxylic acids is 1. The van der Waals surface area contributed by atoms with Crippen molar-refractivity contribution in [3.63, 3.8) is 0 Å². The zero-order chi connectivity index (χ0) is 22.9. The Labute approximate surface area is 187 Å². The van der Waals surface area contributed by atoms with Crippen LogP contribution in [0.4, 0.5) is 0 Å². The molecule has 1 atom stereocenters. The van der Waals surface area contributed by atoms with Crippen molar-refractivity contribution < 1.29 is 19.0 Å². The average molecular weight is 434 g/mol. The molecule has 0 bridgehead atoms. The van der Waals surface area contributed by atoms with Gasteiger partial charge >= 0.3 is 5.97 Å². The van der Waals surface area contributed by atoms with Crippen LogP contribution in [0.15, 0.2) is 65.6 Å². The van der Waals surface area contributed by atoms with Gasteiger partial charge in [-0.1, -0.05) is 18.2 Å². The van der Waals surface area contributed by atoms with E-state index in [1.54, 1.807) is 36.1 Å². The van der Waals surface area contributed by atoms with Crippen molar-refractivity contribution in [2.24, 2.45) is 0 Å². The Kier molecular flexibility index (Phi) is 5.89. The van der Waals surface area contributed by atoms with E-state index in [1.165, 1.54) is 7.11 Å². The maximum absolute atomic E-state index is 13.5. The highest BCUT2D eigenvalue weighted by atomic mass is 16.5. The molecule has 1 aliphatic rings. The van der Waals surface area contributed by atoms with Crippen molar-refractivity contribution in [1.82, 2.24) is 4.57 Å². The first-order chi connectivity index (χ1) is 15.3. The number of pyridine rings is 1. The summed E-state index contributed by atoms with van der Waals surface area (Å²) in [5.41, 5.74) is 3.28. The van der Waals surface area contributed by atoms with E-state index in [0.717, 1.165) is 22.4 Å². The number of aromatic nitrogens is 1. The lowest BCUT2D eigenvalue weighted by atomic mass is 9.85. The molecule has 166 valence electrons. The summed E-state index contributed by atoms with van der Waals surface area (Å²) >= 11 is 0. The van der Waals surface area contributed by atoms with Crippen molar-refractivity contribution >= 4 is 5.97 Å². The van der Waals surface area contributed by atoms with Crippen LogP contribution in [0.25, 0.3) is 0 Å². The summed E-state index contributed by atoms with van der Waals surface area (Å²) in [6, 6.07) is 16.8. The molecule has 1 aromatic heterocycles. The van der Waals surface area contributed by atoms with E-state index in [2.05, 4.69) is 0 Å². The number of hydrogen-bond acceptors (Lipinski definition) is 5. The fourth-order valence-corrected chi connectivity index (χ4v) is 4.17. The Morgan fingerprint density at radius 2 is 1.84 bits per heavy atom. The molecule has 0 aliphatic carbocycles. The van der Waals surface area contributed by atoms with E-state index in [0.29, 0.717) is 24.1 Å². The molecule has 0 N–H and O–H groups in total. The number of fused-ring (bicyclic) bond motifs is 1. The highest BCUT2D eigenvalue weighted by Crippen LogP contribution is 2.39. The first-order valence-corrected chi connectivity index (χ1v) is 10.5. The van der Waals surface area contributed by atoms with Crippen molar-refractivity contribution in [2.75, 3.05) is 14.2 Å². The molecule has 32 heavy (non-hydrogen) atoms. The summed E-state index contributed by atoms with van der Waals surface area (Å²) in [7, 11) is 2.98. The van der Waals surface area contributed by atoms with E-state index >= 15 is 0 Å².